The zero-order chi connectivity index (χ0) is 17.9. The minimum absolute atomic E-state index is 0.499. The highest BCUT2D eigenvalue weighted by Crippen LogP contribution is 2.31. The Hall–Kier alpha value is -2.66. The van der Waals surface area contributed by atoms with E-state index in [1.165, 1.54) is 16.5 Å². The number of aryl methyl sites for hydroxylation is 1. The number of nitrogens with zero attached hydrogens (tertiary/aromatic N) is 4. The van der Waals surface area contributed by atoms with Crippen molar-refractivity contribution >= 4 is 16.5 Å². The molecule has 3 aromatic rings. The van der Waals surface area contributed by atoms with Crippen LogP contribution in [-0.2, 0) is 6.61 Å². The van der Waals surface area contributed by atoms with E-state index >= 15 is 0 Å². The van der Waals surface area contributed by atoms with Gasteiger partial charge in [0.2, 0.25) is 0 Å². The molecule has 26 heavy (non-hydrogen) atoms. The Morgan fingerprint density at radius 2 is 1.88 bits per heavy atom. The highest BCUT2D eigenvalue weighted by molar-refractivity contribution is 5.95. The number of rotatable bonds is 4. The van der Waals surface area contributed by atoms with Gasteiger partial charge in [-0.25, -0.2) is 0 Å². The molecule has 1 fully saturated rings. The molecule has 0 unspecified atom stereocenters. The Balaban J connectivity index is 1.58. The number of likely N-dealkylation sites (N-methyl/N-ethyl adjacent to an activating group) is 1. The van der Waals surface area contributed by atoms with E-state index in [0.717, 1.165) is 43.2 Å². The minimum Gasteiger partial charge on any atom is -0.489 e. The van der Waals surface area contributed by atoms with Crippen LogP contribution in [0.4, 0.5) is 5.69 Å². The highest BCUT2D eigenvalue weighted by Gasteiger charge is 2.16. The summed E-state index contributed by atoms with van der Waals surface area (Å²) in [4.78, 5) is 4.85. The van der Waals surface area contributed by atoms with E-state index in [1.807, 2.05) is 19.1 Å². The van der Waals surface area contributed by atoms with Crippen LogP contribution in [0.2, 0.25) is 0 Å². The van der Waals surface area contributed by atoms with Crippen molar-refractivity contribution in [2.75, 3.05) is 38.1 Å². The molecule has 4 rings (SSSR count). The zero-order valence-corrected chi connectivity index (χ0v) is 15.4. The standard InChI is InChI=1S/C21H24N4O/c1-16-12-17(14-22-23-16)15-26-19-7-6-18-4-3-5-21(20(18)13-19)25-10-8-24(2)9-11-25/h3-7,12-14H,8-11,15H2,1-2H3. The maximum absolute atomic E-state index is 6.02. The Morgan fingerprint density at radius 3 is 2.69 bits per heavy atom. The summed E-state index contributed by atoms with van der Waals surface area (Å²) >= 11 is 0. The SMILES string of the molecule is Cc1cc(COc2ccc3cccc(N4CCN(C)CC4)c3c2)cnn1. The summed E-state index contributed by atoms with van der Waals surface area (Å²) in [6.07, 6.45) is 1.75. The summed E-state index contributed by atoms with van der Waals surface area (Å²) in [6, 6.07) is 14.9. The van der Waals surface area contributed by atoms with E-state index in [0.29, 0.717) is 6.61 Å². The molecule has 0 radical (unpaired) electrons. The quantitative estimate of drug-likeness (QED) is 0.724. The first-order valence-corrected chi connectivity index (χ1v) is 9.06. The van der Waals surface area contributed by atoms with E-state index in [2.05, 4.69) is 57.4 Å². The molecule has 2 heterocycles. The van der Waals surface area contributed by atoms with Gasteiger partial charge in [-0.05, 0) is 43.6 Å². The number of ether oxygens (including phenoxy) is 1. The van der Waals surface area contributed by atoms with Crippen molar-refractivity contribution in [3.63, 3.8) is 0 Å². The Morgan fingerprint density at radius 1 is 1.04 bits per heavy atom. The van der Waals surface area contributed by atoms with Gasteiger partial charge in [0.1, 0.15) is 12.4 Å². The van der Waals surface area contributed by atoms with Crippen LogP contribution in [0.25, 0.3) is 10.8 Å². The molecule has 1 aliphatic rings. The van der Waals surface area contributed by atoms with E-state index in [4.69, 9.17) is 4.74 Å². The van der Waals surface area contributed by atoms with Crippen LogP contribution in [0.3, 0.4) is 0 Å². The van der Waals surface area contributed by atoms with Crippen molar-refractivity contribution in [3.05, 3.63) is 59.9 Å². The molecule has 5 heteroatoms. The van der Waals surface area contributed by atoms with Gasteiger partial charge in [-0.2, -0.15) is 10.2 Å². The van der Waals surface area contributed by atoms with Gasteiger partial charge >= 0.3 is 0 Å². The molecule has 0 spiro atoms. The molecule has 0 aliphatic carbocycles. The van der Waals surface area contributed by atoms with Gasteiger partial charge in [-0.3, -0.25) is 0 Å². The van der Waals surface area contributed by atoms with E-state index in [1.54, 1.807) is 6.20 Å². The van der Waals surface area contributed by atoms with Crippen LogP contribution in [0.5, 0.6) is 5.75 Å². The molecule has 0 bridgehead atoms. The largest absolute Gasteiger partial charge is 0.489 e. The first kappa shape index (κ1) is 16.8. The Labute approximate surface area is 154 Å². The highest BCUT2D eigenvalue weighted by atomic mass is 16.5. The fraction of sp³-hybridized carbons (Fsp3) is 0.333. The molecule has 2 aromatic carbocycles. The summed E-state index contributed by atoms with van der Waals surface area (Å²) in [5.74, 6) is 0.883. The molecular weight excluding hydrogens is 324 g/mol. The van der Waals surface area contributed by atoms with Crippen molar-refractivity contribution in [1.29, 1.82) is 0 Å². The second-order valence-electron chi connectivity index (χ2n) is 6.94. The summed E-state index contributed by atoms with van der Waals surface area (Å²) < 4.78 is 6.02. The predicted molar refractivity (Wildman–Crippen MR) is 105 cm³/mol. The van der Waals surface area contributed by atoms with Gasteiger partial charge in [0.15, 0.2) is 0 Å². The third-order valence-electron chi connectivity index (χ3n) is 4.91. The second-order valence-corrected chi connectivity index (χ2v) is 6.94. The van der Waals surface area contributed by atoms with Gasteiger partial charge in [0.05, 0.1) is 11.9 Å². The van der Waals surface area contributed by atoms with Crippen LogP contribution in [0, 0.1) is 6.92 Å². The Bertz CT molecular complexity index is 903. The monoisotopic (exact) mass is 348 g/mol. The lowest BCUT2D eigenvalue weighted by Gasteiger charge is -2.34. The lowest BCUT2D eigenvalue weighted by Crippen LogP contribution is -2.44. The number of aromatic nitrogens is 2. The number of fused-ring (bicyclic) bond motifs is 1. The van der Waals surface area contributed by atoms with Gasteiger partial charge in [0, 0.05) is 42.8 Å². The molecule has 1 aromatic heterocycles. The molecule has 5 nitrogen and oxygen atoms in total. The van der Waals surface area contributed by atoms with Crippen LogP contribution >= 0.6 is 0 Å². The van der Waals surface area contributed by atoms with Gasteiger partial charge in [-0.1, -0.05) is 18.2 Å². The maximum Gasteiger partial charge on any atom is 0.120 e. The number of hydrogen-bond acceptors (Lipinski definition) is 5. The molecule has 1 saturated heterocycles. The van der Waals surface area contributed by atoms with Crippen LogP contribution in [-0.4, -0.2) is 48.3 Å². The van der Waals surface area contributed by atoms with E-state index in [-0.39, 0.29) is 0 Å². The summed E-state index contributed by atoms with van der Waals surface area (Å²) in [5.41, 5.74) is 3.23. The summed E-state index contributed by atoms with van der Waals surface area (Å²) in [5, 5.41) is 10.5. The van der Waals surface area contributed by atoms with Gasteiger partial charge < -0.3 is 14.5 Å². The van der Waals surface area contributed by atoms with Crippen molar-refractivity contribution in [3.8, 4) is 5.75 Å². The number of piperazine rings is 1. The first-order chi connectivity index (χ1) is 12.7. The fourth-order valence-electron chi connectivity index (χ4n) is 3.42. The summed E-state index contributed by atoms with van der Waals surface area (Å²) in [7, 11) is 2.18. The average Bonchev–Trinajstić information content (AvgIpc) is 2.66. The van der Waals surface area contributed by atoms with Crippen LogP contribution in [0.1, 0.15) is 11.3 Å². The molecule has 0 atom stereocenters. The molecule has 0 saturated carbocycles. The minimum atomic E-state index is 0.499. The number of hydrogen-bond donors (Lipinski definition) is 0. The molecular formula is C21H24N4O. The first-order valence-electron chi connectivity index (χ1n) is 9.06. The third-order valence-corrected chi connectivity index (χ3v) is 4.91. The topological polar surface area (TPSA) is 41.5 Å². The molecule has 0 amide bonds. The smallest absolute Gasteiger partial charge is 0.120 e. The third kappa shape index (κ3) is 3.63. The lowest BCUT2D eigenvalue weighted by atomic mass is 10.1. The van der Waals surface area contributed by atoms with Gasteiger partial charge in [0.25, 0.3) is 0 Å². The molecule has 1 aliphatic heterocycles. The zero-order valence-electron chi connectivity index (χ0n) is 15.4. The van der Waals surface area contributed by atoms with Crippen molar-refractivity contribution < 1.29 is 4.74 Å². The maximum atomic E-state index is 6.02. The van der Waals surface area contributed by atoms with Gasteiger partial charge in [-0.15, -0.1) is 0 Å². The average molecular weight is 348 g/mol. The van der Waals surface area contributed by atoms with Crippen LogP contribution < -0.4 is 9.64 Å². The Kier molecular flexibility index (Phi) is 4.71. The fourth-order valence-corrected chi connectivity index (χ4v) is 3.42. The molecule has 134 valence electrons. The lowest BCUT2D eigenvalue weighted by molar-refractivity contribution is 0.305. The van der Waals surface area contributed by atoms with Crippen LogP contribution in [0.15, 0.2) is 48.7 Å². The van der Waals surface area contributed by atoms with Crippen molar-refractivity contribution in [2.24, 2.45) is 0 Å². The predicted octanol–water partition coefficient (Wildman–Crippen LogP) is 3.27. The van der Waals surface area contributed by atoms with Crippen molar-refractivity contribution in [2.45, 2.75) is 13.5 Å². The second kappa shape index (κ2) is 7.30. The number of anilines is 1. The van der Waals surface area contributed by atoms with E-state index < -0.39 is 0 Å². The summed E-state index contributed by atoms with van der Waals surface area (Å²) in [6.45, 7) is 6.75. The normalized spacial score (nSPS) is 15.4. The molecule has 0 N–H and O–H groups in total. The number of benzene rings is 2. The van der Waals surface area contributed by atoms with E-state index in [9.17, 15) is 0 Å². The van der Waals surface area contributed by atoms with Crippen molar-refractivity contribution in [1.82, 2.24) is 15.1 Å².